The molecule has 0 radical (unpaired) electrons. The Morgan fingerprint density at radius 1 is 1.40 bits per heavy atom. The summed E-state index contributed by atoms with van der Waals surface area (Å²) >= 11 is 6.12. The maximum atomic E-state index is 6.12. The lowest BCUT2D eigenvalue weighted by Gasteiger charge is -2.08. The van der Waals surface area contributed by atoms with Crippen LogP contribution in [0.4, 0.5) is 0 Å². The topological polar surface area (TPSA) is 29.9 Å². The average Bonchev–Trinajstić information content (AvgIpc) is 2.67. The van der Waals surface area contributed by atoms with Gasteiger partial charge in [-0.25, -0.2) is 4.98 Å². The van der Waals surface area contributed by atoms with Gasteiger partial charge in [0.15, 0.2) is 0 Å². The molecule has 0 saturated heterocycles. The Kier molecular flexibility index (Phi) is 3.04. The first kappa shape index (κ1) is 10.2. The summed E-state index contributed by atoms with van der Waals surface area (Å²) in [4.78, 5) is 4.27. The van der Waals surface area contributed by atoms with Crippen LogP contribution >= 0.6 is 11.6 Å². The molecule has 1 N–H and O–H groups in total. The largest absolute Gasteiger partial charge is 0.313 e. The highest BCUT2D eigenvalue weighted by Crippen LogP contribution is 2.20. The van der Waals surface area contributed by atoms with E-state index in [1.54, 1.807) is 6.20 Å². The van der Waals surface area contributed by atoms with Gasteiger partial charge in [0.05, 0.1) is 17.3 Å². The molecule has 1 aromatic carbocycles. The minimum Gasteiger partial charge on any atom is -0.313 e. The smallest absolute Gasteiger partial charge is 0.127 e. The molecule has 0 atom stereocenters. The van der Waals surface area contributed by atoms with E-state index in [1.807, 2.05) is 42.1 Å². The molecular formula is C11H12ClN3. The van der Waals surface area contributed by atoms with Crippen molar-refractivity contribution >= 4 is 11.6 Å². The molecule has 78 valence electrons. The van der Waals surface area contributed by atoms with Gasteiger partial charge in [-0.1, -0.05) is 23.7 Å². The van der Waals surface area contributed by atoms with Crippen LogP contribution in [0.5, 0.6) is 0 Å². The number of hydrogen-bond acceptors (Lipinski definition) is 2. The summed E-state index contributed by atoms with van der Waals surface area (Å²) in [6.45, 7) is 0.720. The molecule has 3 nitrogen and oxygen atoms in total. The zero-order valence-corrected chi connectivity index (χ0v) is 9.20. The van der Waals surface area contributed by atoms with Crippen molar-refractivity contribution in [3.8, 4) is 5.69 Å². The molecule has 2 rings (SSSR count). The molecule has 4 heteroatoms. The molecular weight excluding hydrogens is 210 g/mol. The van der Waals surface area contributed by atoms with E-state index in [-0.39, 0.29) is 0 Å². The number of nitrogens with one attached hydrogen (secondary N) is 1. The van der Waals surface area contributed by atoms with Crippen LogP contribution in [0.25, 0.3) is 5.69 Å². The summed E-state index contributed by atoms with van der Waals surface area (Å²) in [7, 11) is 1.89. The van der Waals surface area contributed by atoms with E-state index in [0.29, 0.717) is 0 Å². The fraction of sp³-hybridized carbons (Fsp3) is 0.182. The fourth-order valence-electron chi connectivity index (χ4n) is 1.49. The quantitative estimate of drug-likeness (QED) is 0.862. The average molecular weight is 222 g/mol. The number of para-hydroxylation sites is 1. The number of imidazole rings is 1. The van der Waals surface area contributed by atoms with Crippen molar-refractivity contribution in [2.45, 2.75) is 6.54 Å². The minimum atomic E-state index is 0.720. The molecule has 0 aliphatic carbocycles. The summed E-state index contributed by atoms with van der Waals surface area (Å²) in [5.41, 5.74) is 0.960. The zero-order chi connectivity index (χ0) is 10.7. The maximum absolute atomic E-state index is 6.12. The van der Waals surface area contributed by atoms with Gasteiger partial charge in [-0.15, -0.1) is 0 Å². The van der Waals surface area contributed by atoms with E-state index in [9.17, 15) is 0 Å². The Morgan fingerprint density at radius 3 is 2.93 bits per heavy atom. The van der Waals surface area contributed by atoms with Crippen molar-refractivity contribution in [3.05, 3.63) is 47.5 Å². The number of hydrogen-bond donors (Lipinski definition) is 1. The van der Waals surface area contributed by atoms with Crippen molar-refractivity contribution in [1.82, 2.24) is 14.9 Å². The normalized spacial score (nSPS) is 10.5. The third kappa shape index (κ3) is 2.03. The molecule has 0 unspecified atom stereocenters. The lowest BCUT2D eigenvalue weighted by atomic mass is 10.3. The van der Waals surface area contributed by atoms with Crippen LogP contribution in [0, 0.1) is 0 Å². The van der Waals surface area contributed by atoms with E-state index >= 15 is 0 Å². The SMILES string of the molecule is CNCc1nccn1-c1ccccc1Cl. The van der Waals surface area contributed by atoms with E-state index in [4.69, 9.17) is 11.6 Å². The number of nitrogens with zero attached hydrogens (tertiary/aromatic N) is 2. The van der Waals surface area contributed by atoms with Gasteiger partial charge in [0.1, 0.15) is 5.82 Å². The van der Waals surface area contributed by atoms with E-state index < -0.39 is 0 Å². The first-order valence-electron chi connectivity index (χ1n) is 4.74. The molecule has 0 aliphatic heterocycles. The lowest BCUT2D eigenvalue weighted by Crippen LogP contribution is -2.11. The van der Waals surface area contributed by atoms with Gasteiger partial charge in [-0.2, -0.15) is 0 Å². The van der Waals surface area contributed by atoms with Gasteiger partial charge in [0, 0.05) is 12.4 Å². The molecule has 0 saturated carbocycles. The summed E-state index contributed by atoms with van der Waals surface area (Å²) < 4.78 is 1.98. The molecule has 0 amide bonds. The highest BCUT2D eigenvalue weighted by Gasteiger charge is 2.06. The van der Waals surface area contributed by atoms with Gasteiger partial charge in [0.2, 0.25) is 0 Å². The third-order valence-electron chi connectivity index (χ3n) is 2.16. The number of rotatable bonds is 3. The molecule has 2 aromatic rings. The standard InChI is InChI=1S/C11H12ClN3/c1-13-8-11-14-6-7-15(11)10-5-3-2-4-9(10)12/h2-7,13H,8H2,1H3. The summed E-state index contributed by atoms with van der Waals surface area (Å²) in [6, 6.07) is 7.73. The molecule has 1 aromatic heterocycles. The van der Waals surface area contributed by atoms with Crippen molar-refractivity contribution in [2.75, 3.05) is 7.05 Å². The lowest BCUT2D eigenvalue weighted by molar-refractivity contribution is 0.742. The van der Waals surface area contributed by atoms with Gasteiger partial charge in [0.25, 0.3) is 0 Å². The van der Waals surface area contributed by atoms with Crippen molar-refractivity contribution in [1.29, 1.82) is 0 Å². The van der Waals surface area contributed by atoms with Crippen LogP contribution in [-0.4, -0.2) is 16.6 Å². The van der Waals surface area contributed by atoms with Gasteiger partial charge in [-0.05, 0) is 19.2 Å². The van der Waals surface area contributed by atoms with Crippen molar-refractivity contribution in [2.24, 2.45) is 0 Å². The summed E-state index contributed by atoms with van der Waals surface area (Å²) in [5.74, 6) is 0.950. The van der Waals surface area contributed by atoms with Crippen molar-refractivity contribution in [3.63, 3.8) is 0 Å². The Bertz CT molecular complexity index is 451. The van der Waals surface area contributed by atoms with E-state index in [2.05, 4.69) is 10.3 Å². The fourth-order valence-corrected chi connectivity index (χ4v) is 1.72. The molecule has 0 bridgehead atoms. The molecule has 1 heterocycles. The zero-order valence-electron chi connectivity index (χ0n) is 8.44. The molecule has 0 spiro atoms. The second-order valence-electron chi connectivity index (χ2n) is 3.20. The highest BCUT2D eigenvalue weighted by molar-refractivity contribution is 6.32. The van der Waals surface area contributed by atoms with Crippen LogP contribution in [0.2, 0.25) is 5.02 Å². The minimum absolute atomic E-state index is 0.720. The number of benzene rings is 1. The molecule has 15 heavy (non-hydrogen) atoms. The van der Waals surface area contributed by atoms with Gasteiger partial charge < -0.3 is 9.88 Å². The van der Waals surface area contributed by atoms with E-state index in [1.165, 1.54) is 0 Å². The van der Waals surface area contributed by atoms with Crippen LogP contribution in [0.15, 0.2) is 36.7 Å². The Hall–Kier alpha value is -1.32. The number of aromatic nitrogens is 2. The first-order valence-corrected chi connectivity index (χ1v) is 5.12. The van der Waals surface area contributed by atoms with Crippen molar-refractivity contribution < 1.29 is 0 Å². The van der Waals surface area contributed by atoms with Crippen LogP contribution in [0.3, 0.4) is 0 Å². The van der Waals surface area contributed by atoms with E-state index in [0.717, 1.165) is 23.1 Å². The number of halogens is 1. The predicted octanol–water partition coefficient (Wildman–Crippen LogP) is 2.25. The highest BCUT2D eigenvalue weighted by atomic mass is 35.5. The second-order valence-corrected chi connectivity index (χ2v) is 3.60. The van der Waals surface area contributed by atoms with Crippen LogP contribution in [-0.2, 0) is 6.54 Å². The molecule has 0 fully saturated rings. The maximum Gasteiger partial charge on any atom is 0.127 e. The Balaban J connectivity index is 2.45. The van der Waals surface area contributed by atoms with Gasteiger partial charge >= 0.3 is 0 Å². The monoisotopic (exact) mass is 221 g/mol. The second kappa shape index (κ2) is 4.47. The summed E-state index contributed by atoms with van der Waals surface area (Å²) in [5, 5.41) is 3.80. The third-order valence-corrected chi connectivity index (χ3v) is 2.48. The molecule has 0 aliphatic rings. The summed E-state index contributed by atoms with van der Waals surface area (Å²) in [6.07, 6.45) is 3.68. The van der Waals surface area contributed by atoms with Crippen LogP contribution < -0.4 is 5.32 Å². The first-order chi connectivity index (χ1) is 7.33. The Labute approximate surface area is 93.7 Å². The predicted molar refractivity (Wildman–Crippen MR) is 61.3 cm³/mol. The Morgan fingerprint density at radius 2 is 2.20 bits per heavy atom. The van der Waals surface area contributed by atoms with Gasteiger partial charge in [-0.3, -0.25) is 0 Å². The van der Waals surface area contributed by atoms with Crippen LogP contribution in [0.1, 0.15) is 5.82 Å².